The second-order valence-electron chi connectivity index (χ2n) is 8.21. The Hall–Kier alpha value is -2.58. The minimum Gasteiger partial charge on any atom is -0.497 e. The Morgan fingerprint density at radius 2 is 1.94 bits per heavy atom. The fraction of sp³-hybridized carbons (Fsp3) is 0.565. The number of ketones is 1. The van der Waals surface area contributed by atoms with E-state index >= 15 is 0 Å². The summed E-state index contributed by atoms with van der Waals surface area (Å²) in [4.78, 5) is 24.2. The van der Waals surface area contributed by atoms with Gasteiger partial charge in [0.05, 0.1) is 25.2 Å². The van der Waals surface area contributed by atoms with Gasteiger partial charge >= 0.3 is 6.09 Å². The van der Waals surface area contributed by atoms with Crippen molar-refractivity contribution in [3.8, 4) is 0 Å². The summed E-state index contributed by atoms with van der Waals surface area (Å²) in [7, 11) is 0. The second kappa shape index (κ2) is 10.2. The highest BCUT2D eigenvalue weighted by molar-refractivity contribution is 6.06. The van der Waals surface area contributed by atoms with E-state index in [0.29, 0.717) is 61.5 Å². The number of nitrogens with two attached hydrogens (primary N) is 1. The summed E-state index contributed by atoms with van der Waals surface area (Å²) in [6.45, 7) is 5.38. The molecule has 0 heterocycles. The topological polar surface area (TPSA) is 131 Å². The van der Waals surface area contributed by atoms with Crippen molar-refractivity contribution in [2.45, 2.75) is 45.6 Å². The van der Waals surface area contributed by atoms with Crippen LogP contribution < -0.4 is 11.1 Å². The molecule has 0 bridgehead atoms. The van der Waals surface area contributed by atoms with Gasteiger partial charge in [-0.15, -0.1) is 0 Å². The fourth-order valence-corrected chi connectivity index (χ4v) is 4.54. The molecule has 0 radical (unpaired) electrons. The van der Waals surface area contributed by atoms with Crippen LogP contribution in [0.25, 0.3) is 0 Å². The van der Waals surface area contributed by atoms with Gasteiger partial charge in [-0.2, -0.15) is 0 Å². The molecule has 3 aliphatic rings. The molecule has 1 saturated carbocycles. The van der Waals surface area contributed by atoms with Gasteiger partial charge in [-0.3, -0.25) is 4.79 Å². The van der Waals surface area contributed by atoms with E-state index < -0.39 is 24.0 Å². The number of nitrogens with one attached hydrogen (secondary N) is 1. The van der Waals surface area contributed by atoms with E-state index in [1.807, 2.05) is 19.9 Å². The van der Waals surface area contributed by atoms with E-state index in [0.717, 1.165) is 11.1 Å². The van der Waals surface area contributed by atoms with Crippen LogP contribution in [-0.4, -0.2) is 54.5 Å². The number of amides is 1. The summed E-state index contributed by atoms with van der Waals surface area (Å²) >= 11 is 0. The first-order valence-corrected chi connectivity index (χ1v) is 10.8. The first-order chi connectivity index (χ1) is 14.9. The number of fused-ring (bicyclic) bond motifs is 2. The Kier molecular flexibility index (Phi) is 7.56. The molecule has 3 aliphatic carbocycles. The maximum Gasteiger partial charge on any atom is 0.404 e. The lowest BCUT2D eigenvalue weighted by Crippen LogP contribution is -2.46. The zero-order chi connectivity index (χ0) is 22.5. The molecule has 1 amide bonds. The van der Waals surface area contributed by atoms with Gasteiger partial charge in [0.1, 0.15) is 11.5 Å². The summed E-state index contributed by atoms with van der Waals surface area (Å²) < 4.78 is 11.8. The molecule has 1 fully saturated rings. The minimum atomic E-state index is -1.08. The van der Waals surface area contributed by atoms with Crippen molar-refractivity contribution in [2.24, 2.45) is 17.6 Å². The van der Waals surface area contributed by atoms with Gasteiger partial charge in [-0.05, 0) is 45.7 Å². The van der Waals surface area contributed by atoms with E-state index in [-0.39, 0.29) is 18.9 Å². The fourth-order valence-electron chi connectivity index (χ4n) is 4.54. The van der Waals surface area contributed by atoms with Crippen molar-refractivity contribution >= 4 is 11.9 Å². The number of aliphatic hydroxyl groups excluding tert-OH is 1. The highest BCUT2D eigenvalue weighted by Gasteiger charge is 2.50. The first-order valence-electron chi connectivity index (χ1n) is 10.8. The zero-order valence-electron chi connectivity index (χ0n) is 18.1. The van der Waals surface area contributed by atoms with Crippen LogP contribution in [0.15, 0.2) is 46.0 Å². The Morgan fingerprint density at radius 3 is 2.65 bits per heavy atom. The third-order valence-corrected chi connectivity index (χ3v) is 6.08. The van der Waals surface area contributed by atoms with Crippen molar-refractivity contribution in [1.29, 1.82) is 0 Å². The third kappa shape index (κ3) is 4.85. The van der Waals surface area contributed by atoms with E-state index in [9.17, 15) is 14.7 Å². The van der Waals surface area contributed by atoms with Crippen LogP contribution in [0.5, 0.6) is 0 Å². The number of ether oxygens (including phenoxy) is 2. The lowest BCUT2D eigenvalue weighted by atomic mass is 9.64. The minimum absolute atomic E-state index is 0.0511. The zero-order valence-corrected chi connectivity index (χ0v) is 18.1. The van der Waals surface area contributed by atoms with Crippen molar-refractivity contribution in [1.82, 2.24) is 5.32 Å². The number of carboxylic acid groups (broad SMARTS) is 1. The SMILES string of the molecule is CC1=CC=C(OCCCNC(=O)O)C2C(=O)C3=C(C)CCC(OCCCN)=C3C(O)C12. The molecule has 0 aromatic heterocycles. The van der Waals surface area contributed by atoms with Gasteiger partial charge < -0.3 is 30.7 Å². The number of carbonyl (C=O) groups is 2. The average Bonchev–Trinajstić information content (AvgIpc) is 2.73. The monoisotopic (exact) mass is 432 g/mol. The van der Waals surface area contributed by atoms with Crippen LogP contribution in [0.3, 0.4) is 0 Å². The summed E-state index contributed by atoms with van der Waals surface area (Å²) in [6.07, 6.45) is 4.29. The standard InChI is InChI=1S/C23H32N2O6/c1-13-5-7-15(30-11-3-9-24)19-17(13)22(27)20-16(31-12-4-10-25-23(28)29)8-6-14(2)18(20)21(19)26/h6,8,18,20-21,25-26H,3-5,7,9-12,24H2,1-2H3,(H,28,29). The molecule has 0 aliphatic heterocycles. The van der Waals surface area contributed by atoms with Gasteiger partial charge in [0.25, 0.3) is 0 Å². The van der Waals surface area contributed by atoms with Crippen molar-refractivity contribution < 1.29 is 29.3 Å². The van der Waals surface area contributed by atoms with Crippen LogP contribution in [-0.2, 0) is 14.3 Å². The number of allylic oxidation sites excluding steroid dienone is 5. The molecule has 0 aromatic carbocycles. The second-order valence-corrected chi connectivity index (χ2v) is 8.21. The summed E-state index contributed by atoms with van der Waals surface area (Å²) in [5, 5.41) is 22.3. The lowest BCUT2D eigenvalue weighted by molar-refractivity contribution is -0.123. The molecular weight excluding hydrogens is 400 g/mol. The maximum absolute atomic E-state index is 13.6. The smallest absolute Gasteiger partial charge is 0.404 e. The van der Waals surface area contributed by atoms with E-state index in [1.165, 1.54) is 0 Å². The van der Waals surface area contributed by atoms with Gasteiger partial charge in [0, 0.05) is 30.0 Å². The predicted molar refractivity (Wildman–Crippen MR) is 115 cm³/mol. The van der Waals surface area contributed by atoms with E-state index in [2.05, 4.69) is 5.32 Å². The number of rotatable bonds is 9. The summed E-state index contributed by atoms with van der Waals surface area (Å²) in [6, 6.07) is 0. The van der Waals surface area contributed by atoms with Crippen molar-refractivity contribution in [3.05, 3.63) is 46.0 Å². The van der Waals surface area contributed by atoms with Gasteiger partial charge in [-0.25, -0.2) is 4.79 Å². The number of hydrogen-bond acceptors (Lipinski definition) is 6. The summed E-state index contributed by atoms with van der Waals surface area (Å²) in [5.74, 6) is 0.153. The molecule has 31 heavy (non-hydrogen) atoms. The van der Waals surface area contributed by atoms with Gasteiger partial charge in [0.15, 0.2) is 5.78 Å². The molecule has 0 saturated heterocycles. The summed E-state index contributed by atoms with van der Waals surface area (Å²) in [5.41, 5.74) is 8.64. The molecular formula is C23H32N2O6. The van der Waals surface area contributed by atoms with Crippen molar-refractivity contribution in [2.75, 3.05) is 26.3 Å². The number of hydrogen-bond donors (Lipinski definition) is 4. The van der Waals surface area contributed by atoms with Crippen LogP contribution in [0.4, 0.5) is 4.79 Å². The molecule has 3 rings (SSSR count). The quantitative estimate of drug-likeness (QED) is 0.412. The highest BCUT2D eigenvalue weighted by Crippen LogP contribution is 2.48. The molecule has 170 valence electrons. The Labute approximate surface area is 182 Å². The van der Waals surface area contributed by atoms with Gasteiger partial charge in [0.2, 0.25) is 0 Å². The van der Waals surface area contributed by atoms with Crippen LogP contribution in [0, 0.1) is 11.8 Å². The average molecular weight is 433 g/mol. The number of carbonyl (C=O) groups excluding carboxylic acids is 1. The highest BCUT2D eigenvalue weighted by atomic mass is 16.5. The normalized spacial score (nSPS) is 25.4. The number of aliphatic hydroxyl groups is 1. The Morgan fingerprint density at radius 1 is 1.19 bits per heavy atom. The number of Topliss-reactive ketones (excluding diaryl/α,β-unsaturated/α-hetero) is 1. The predicted octanol–water partition coefficient (Wildman–Crippen LogP) is 2.41. The third-order valence-electron chi connectivity index (χ3n) is 6.08. The van der Waals surface area contributed by atoms with Crippen LogP contribution in [0.1, 0.15) is 39.5 Å². The molecule has 0 aromatic rings. The maximum atomic E-state index is 13.6. The molecule has 0 spiro atoms. The van der Waals surface area contributed by atoms with E-state index in [1.54, 1.807) is 6.08 Å². The first kappa shape index (κ1) is 23.1. The largest absolute Gasteiger partial charge is 0.497 e. The molecule has 5 N–H and O–H groups in total. The molecule has 3 atom stereocenters. The van der Waals surface area contributed by atoms with Crippen LogP contribution in [0.2, 0.25) is 0 Å². The van der Waals surface area contributed by atoms with Crippen molar-refractivity contribution in [3.63, 3.8) is 0 Å². The van der Waals surface area contributed by atoms with Gasteiger partial charge in [-0.1, -0.05) is 17.2 Å². The molecule has 8 heteroatoms. The molecule has 3 unspecified atom stereocenters. The van der Waals surface area contributed by atoms with E-state index in [4.69, 9.17) is 20.3 Å². The van der Waals surface area contributed by atoms with Crippen LogP contribution >= 0.6 is 0 Å². The Bertz CT molecular complexity index is 854. The molecule has 8 nitrogen and oxygen atoms in total. The lowest BCUT2D eigenvalue weighted by Gasteiger charge is -2.43. The Balaban J connectivity index is 1.85.